The van der Waals surface area contributed by atoms with Gasteiger partial charge in [0.2, 0.25) is 0 Å². The number of aryl methyl sites for hydroxylation is 1. The van der Waals surface area contributed by atoms with Gasteiger partial charge in [0.05, 0.1) is 27.0 Å². The number of halogens is 5. The molecular weight excluding hydrogens is 498 g/mol. The molecule has 0 atom stereocenters. The van der Waals surface area contributed by atoms with E-state index in [1.807, 2.05) is 19.1 Å². The highest BCUT2D eigenvalue weighted by Crippen LogP contribution is 2.42. The van der Waals surface area contributed by atoms with E-state index in [2.05, 4.69) is 0 Å². The number of nitrogens with zero attached hydrogens (tertiary/aromatic N) is 1. The maximum absolute atomic E-state index is 12.9. The maximum atomic E-state index is 12.9. The summed E-state index contributed by atoms with van der Waals surface area (Å²) in [6.07, 6.45) is -5.10. The number of nitro benzene ring substituents is 1. The fourth-order valence-corrected chi connectivity index (χ4v) is 3.50. The molecule has 3 aromatic carbocycles. The molecule has 0 heterocycles. The summed E-state index contributed by atoms with van der Waals surface area (Å²) in [7, 11) is 0. The van der Waals surface area contributed by atoms with Gasteiger partial charge in [0.25, 0.3) is 5.69 Å². The van der Waals surface area contributed by atoms with Crippen molar-refractivity contribution in [2.24, 2.45) is 0 Å². The van der Waals surface area contributed by atoms with Crippen LogP contribution in [0.2, 0.25) is 10.0 Å². The molecule has 0 saturated carbocycles. The zero-order chi connectivity index (χ0) is 25.0. The standard InChI is InChI=1S/C23H16Cl2F3NO5/c1-13-2-4-14(5-3-13)12-33-21(30)9-15-8-17(6-7-20(15)29(31)32)34-22-18(24)10-16(11-19(22)25)23(26,27)28/h2-8,10-11H,9,12H2,1H3. The summed E-state index contributed by atoms with van der Waals surface area (Å²) in [5, 5.41) is 10.6. The molecule has 0 amide bonds. The van der Waals surface area contributed by atoms with Crippen LogP contribution in [0.4, 0.5) is 18.9 Å². The summed E-state index contributed by atoms with van der Waals surface area (Å²) >= 11 is 11.8. The monoisotopic (exact) mass is 513 g/mol. The van der Waals surface area contributed by atoms with E-state index in [1.54, 1.807) is 12.1 Å². The highest BCUT2D eigenvalue weighted by Gasteiger charge is 2.32. The summed E-state index contributed by atoms with van der Waals surface area (Å²) < 4.78 is 49.5. The summed E-state index contributed by atoms with van der Waals surface area (Å²) in [4.78, 5) is 23.0. The number of hydrogen-bond donors (Lipinski definition) is 0. The molecule has 6 nitrogen and oxygen atoms in total. The number of esters is 1. The topological polar surface area (TPSA) is 78.7 Å². The van der Waals surface area contributed by atoms with E-state index in [4.69, 9.17) is 32.7 Å². The predicted octanol–water partition coefficient (Wildman–Crippen LogP) is 7.31. The summed E-state index contributed by atoms with van der Waals surface area (Å²) in [6.45, 7) is 1.90. The lowest BCUT2D eigenvalue weighted by Gasteiger charge is -2.14. The molecule has 0 N–H and O–H groups in total. The van der Waals surface area contributed by atoms with Crippen molar-refractivity contribution < 1.29 is 32.4 Å². The molecule has 0 aliphatic carbocycles. The molecule has 0 spiro atoms. The van der Waals surface area contributed by atoms with E-state index < -0.39 is 39.1 Å². The summed E-state index contributed by atoms with van der Waals surface area (Å²) in [5.74, 6) is -1.00. The SMILES string of the molecule is Cc1ccc(COC(=O)Cc2cc(Oc3c(Cl)cc(C(F)(F)F)cc3Cl)ccc2[N+](=O)[O-])cc1. The van der Waals surface area contributed by atoms with Gasteiger partial charge < -0.3 is 9.47 Å². The molecular formula is C23H16Cl2F3NO5. The van der Waals surface area contributed by atoms with Crippen LogP contribution in [0.15, 0.2) is 54.6 Å². The number of carbonyl (C=O) groups excluding carboxylic acids is 1. The molecule has 178 valence electrons. The Morgan fingerprint density at radius 2 is 1.65 bits per heavy atom. The number of rotatable bonds is 7. The van der Waals surface area contributed by atoms with E-state index >= 15 is 0 Å². The third kappa shape index (κ3) is 6.39. The Morgan fingerprint density at radius 3 is 2.21 bits per heavy atom. The van der Waals surface area contributed by atoms with Crippen molar-refractivity contribution in [3.05, 3.63) is 97.0 Å². The first-order valence-corrected chi connectivity index (χ1v) is 10.4. The van der Waals surface area contributed by atoms with Crippen LogP contribution in [-0.4, -0.2) is 10.9 Å². The van der Waals surface area contributed by atoms with E-state index in [-0.39, 0.29) is 29.4 Å². The number of hydrogen-bond acceptors (Lipinski definition) is 5. The average Bonchev–Trinajstić information content (AvgIpc) is 2.75. The quantitative estimate of drug-likeness (QED) is 0.188. The average molecular weight is 514 g/mol. The van der Waals surface area contributed by atoms with E-state index in [0.717, 1.165) is 17.2 Å². The number of benzene rings is 3. The molecule has 3 rings (SSSR count). The Bertz CT molecular complexity index is 1210. The Hall–Kier alpha value is -3.30. The minimum absolute atomic E-state index is 0.0140. The van der Waals surface area contributed by atoms with Crippen LogP contribution in [0.1, 0.15) is 22.3 Å². The van der Waals surface area contributed by atoms with Gasteiger partial charge in [-0.25, -0.2) is 0 Å². The molecule has 0 aromatic heterocycles. The molecule has 0 aliphatic heterocycles. The van der Waals surface area contributed by atoms with Crippen molar-refractivity contribution in [1.29, 1.82) is 0 Å². The largest absolute Gasteiger partial charge is 0.461 e. The van der Waals surface area contributed by atoms with Gasteiger partial charge in [0.15, 0.2) is 5.75 Å². The van der Waals surface area contributed by atoms with Crippen molar-refractivity contribution in [2.45, 2.75) is 26.1 Å². The minimum Gasteiger partial charge on any atom is -0.461 e. The van der Waals surface area contributed by atoms with Crippen molar-refractivity contribution in [2.75, 3.05) is 0 Å². The first-order valence-electron chi connectivity index (χ1n) is 9.66. The van der Waals surface area contributed by atoms with Crippen molar-refractivity contribution in [3.8, 4) is 11.5 Å². The minimum atomic E-state index is -4.66. The molecule has 0 unspecified atom stereocenters. The van der Waals surface area contributed by atoms with E-state index in [1.165, 1.54) is 12.1 Å². The molecule has 3 aromatic rings. The zero-order valence-electron chi connectivity index (χ0n) is 17.5. The van der Waals surface area contributed by atoms with Gasteiger partial charge in [0, 0.05) is 11.6 Å². The third-order valence-corrected chi connectivity index (χ3v) is 5.21. The van der Waals surface area contributed by atoms with Crippen LogP contribution in [0.25, 0.3) is 0 Å². The van der Waals surface area contributed by atoms with Gasteiger partial charge in [-0.05, 0) is 36.8 Å². The molecule has 0 aliphatic rings. The smallest absolute Gasteiger partial charge is 0.416 e. The number of ether oxygens (including phenoxy) is 2. The van der Waals surface area contributed by atoms with Gasteiger partial charge in [0.1, 0.15) is 12.4 Å². The van der Waals surface area contributed by atoms with Gasteiger partial charge in [-0.1, -0.05) is 53.0 Å². The first-order chi connectivity index (χ1) is 15.9. The number of carbonyl (C=O) groups is 1. The van der Waals surface area contributed by atoms with Crippen LogP contribution < -0.4 is 4.74 Å². The van der Waals surface area contributed by atoms with Crippen LogP contribution in [0, 0.1) is 17.0 Å². The molecule has 11 heteroatoms. The summed E-state index contributed by atoms with van der Waals surface area (Å²) in [5.41, 5.74) is 0.350. The highest BCUT2D eigenvalue weighted by molar-refractivity contribution is 6.37. The second-order valence-corrected chi connectivity index (χ2v) is 8.05. The molecule has 0 fully saturated rings. The summed E-state index contributed by atoms with van der Waals surface area (Å²) in [6, 6.07) is 12.1. The Labute approximate surface area is 202 Å². The normalized spacial score (nSPS) is 11.2. The van der Waals surface area contributed by atoms with Crippen molar-refractivity contribution >= 4 is 34.9 Å². The van der Waals surface area contributed by atoms with Crippen LogP contribution in [0.3, 0.4) is 0 Å². The molecule has 0 saturated heterocycles. The van der Waals surface area contributed by atoms with Gasteiger partial charge in [-0.3, -0.25) is 14.9 Å². The van der Waals surface area contributed by atoms with Gasteiger partial charge in [-0.15, -0.1) is 0 Å². The third-order valence-electron chi connectivity index (χ3n) is 4.65. The second-order valence-electron chi connectivity index (χ2n) is 7.24. The van der Waals surface area contributed by atoms with Crippen molar-refractivity contribution in [3.63, 3.8) is 0 Å². The van der Waals surface area contributed by atoms with E-state index in [9.17, 15) is 28.1 Å². The van der Waals surface area contributed by atoms with Crippen LogP contribution >= 0.6 is 23.2 Å². The lowest BCUT2D eigenvalue weighted by atomic mass is 10.1. The van der Waals surface area contributed by atoms with Crippen molar-refractivity contribution in [1.82, 2.24) is 0 Å². The Balaban J connectivity index is 1.80. The zero-order valence-corrected chi connectivity index (χ0v) is 19.0. The first kappa shape index (κ1) is 25.3. The number of nitro groups is 1. The van der Waals surface area contributed by atoms with E-state index in [0.29, 0.717) is 12.1 Å². The number of alkyl halides is 3. The fraction of sp³-hybridized carbons (Fsp3) is 0.174. The fourth-order valence-electron chi connectivity index (χ4n) is 2.94. The maximum Gasteiger partial charge on any atom is 0.416 e. The van der Waals surface area contributed by atoms with Crippen LogP contribution in [-0.2, 0) is 28.7 Å². The Morgan fingerprint density at radius 1 is 1.03 bits per heavy atom. The Kier molecular flexibility index (Phi) is 7.68. The highest BCUT2D eigenvalue weighted by atomic mass is 35.5. The molecule has 0 bridgehead atoms. The van der Waals surface area contributed by atoms with Gasteiger partial charge >= 0.3 is 12.1 Å². The lowest BCUT2D eigenvalue weighted by Crippen LogP contribution is -2.10. The predicted molar refractivity (Wildman–Crippen MR) is 119 cm³/mol. The lowest BCUT2D eigenvalue weighted by molar-refractivity contribution is -0.385. The van der Waals surface area contributed by atoms with Gasteiger partial charge in [-0.2, -0.15) is 13.2 Å². The molecule has 34 heavy (non-hydrogen) atoms. The molecule has 0 radical (unpaired) electrons. The second kappa shape index (κ2) is 10.3. The van der Waals surface area contributed by atoms with Crippen LogP contribution in [0.5, 0.6) is 11.5 Å².